The van der Waals surface area contributed by atoms with Crippen molar-refractivity contribution >= 4 is 5.97 Å². The number of hydrogen-bond acceptors (Lipinski definition) is 2. The lowest BCUT2D eigenvalue weighted by Crippen LogP contribution is -2.23. The van der Waals surface area contributed by atoms with E-state index < -0.39 is 0 Å². The number of allylic oxidation sites excluding steroid dienone is 2. The molecule has 3 rings (SSSR count). The molecule has 2 nitrogen and oxygen atoms in total. The topological polar surface area (TPSA) is 26.3 Å². The van der Waals surface area contributed by atoms with Crippen LogP contribution in [0.25, 0.3) is 0 Å². The number of rotatable bonds is 0. The predicted octanol–water partition coefficient (Wildman–Crippen LogP) is 3.63. The molecule has 18 heavy (non-hydrogen) atoms. The first kappa shape index (κ1) is 12.0. The quantitative estimate of drug-likeness (QED) is 0.370. The van der Waals surface area contributed by atoms with Gasteiger partial charge in [-0.25, -0.2) is 4.79 Å². The SMILES string of the molecule is C=C1C(=O)O[C@@H]2[C@H]3C[C@]3(C)CCC=C(C)CC[C@@H]12. The molecule has 1 saturated heterocycles. The van der Waals surface area contributed by atoms with Crippen LogP contribution < -0.4 is 0 Å². The first-order valence-corrected chi connectivity index (χ1v) is 7.07. The number of fused-ring (bicyclic) bond motifs is 3. The second kappa shape index (κ2) is 3.97. The van der Waals surface area contributed by atoms with Crippen molar-refractivity contribution in [1.82, 2.24) is 0 Å². The van der Waals surface area contributed by atoms with E-state index >= 15 is 0 Å². The van der Waals surface area contributed by atoms with Crippen LogP contribution in [0.15, 0.2) is 23.8 Å². The predicted molar refractivity (Wildman–Crippen MR) is 70.9 cm³/mol. The van der Waals surface area contributed by atoms with Gasteiger partial charge in [-0.1, -0.05) is 25.2 Å². The average molecular weight is 246 g/mol. The van der Waals surface area contributed by atoms with Crippen molar-refractivity contribution in [2.75, 3.05) is 0 Å². The fraction of sp³-hybridized carbons (Fsp3) is 0.688. The standard InChI is InChI=1S/C16H22O2/c1-10-5-4-8-16(3)9-13(16)14-12(7-6-10)11(2)15(17)18-14/h5,12-14H,2,4,6-9H2,1,3H3/t12-,13+,14-,16-/m0/s1. The molecule has 1 aliphatic heterocycles. The van der Waals surface area contributed by atoms with Crippen LogP contribution in [0.3, 0.4) is 0 Å². The molecular formula is C16H22O2. The van der Waals surface area contributed by atoms with E-state index in [1.807, 2.05) is 0 Å². The Labute approximate surface area is 109 Å². The van der Waals surface area contributed by atoms with Crippen LogP contribution in [0.4, 0.5) is 0 Å². The van der Waals surface area contributed by atoms with Gasteiger partial charge in [0.1, 0.15) is 6.10 Å². The summed E-state index contributed by atoms with van der Waals surface area (Å²) in [5.74, 6) is 0.670. The van der Waals surface area contributed by atoms with Crippen molar-refractivity contribution in [1.29, 1.82) is 0 Å². The second-order valence-corrected chi connectivity index (χ2v) is 6.59. The van der Waals surface area contributed by atoms with Gasteiger partial charge < -0.3 is 4.74 Å². The summed E-state index contributed by atoms with van der Waals surface area (Å²) in [7, 11) is 0. The Morgan fingerprint density at radius 3 is 3.06 bits per heavy atom. The van der Waals surface area contributed by atoms with Crippen molar-refractivity contribution in [3.05, 3.63) is 23.8 Å². The van der Waals surface area contributed by atoms with Crippen LogP contribution in [0.2, 0.25) is 0 Å². The van der Waals surface area contributed by atoms with E-state index in [0.717, 1.165) is 12.8 Å². The van der Waals surface area contributed by atoms with Crippen molar-refractivity contribution in [3.63, 3.8) is 0 Å². The van der Waals surface area contributed by atoms with Gasteiger partial charge in [0.05, 0.1) is 0 Å². The van der Waals surface area contributed by atoms with Crippen LogP contribution in [0.5, 0.6) is 0 Å². The highest BCUT2D eigenvalue weighted by atomic mass is 16.6. The molecule has 0 spiro atoms. The maximum absolute atomic E-state index is 11.8. The third kappa shape index (κ3) is 1.82. The van der Waals surface area contributed by atoms with E-state index in [1.54, 1.807) is 0 Å². The minimum Gasteiger partial charge on any atom is -0.458 e. The Bertz CT molecular complexity index is 434. The first-order chi connectivity index (χ1) is 8.51. The monoisotopic (exact) mass is 246 g/mol. The Kier molecular flexibility index (Phi) is 2.65. The highest BCUT2D eigenvalue weighted by Crippen LogP contribution is 2.61. The van der Waals surface area contributed by atoms with Gasteiger partial charge in [0.25, 0.3) is 0 Å². The van der Waals surface area contributed by atoms with Crippen LogP contribution in [0.1, 0.15) is 46.0 Å². The zero-order chi connectivity index (χ0) is 12.9. The zero-order valence-electron chi connectivity index (χ0n) is 11.4. The van der Waals surface area contributed by atoms with Crippen LogP contribution in [-0.2, 0) is 9.53 Å². The lowest BCUT2D eigenvalue weighted by molar-refractivity contribution is -0.140. The number of carbonyl (C=O) groups excluding carboxylic acids is 1. The highest BCUT2D eigenvalue weighted by Gasteiger charge is 2.59. The summed E-state index contributed by atoms with van der Waals surface area (Å²) in [4.78, 5) is 11.8. The van der Waals surface area contributed by atoms with Crippen LogP contribution in [-0.4, -0.2) is 12.1 Å². The molecule has 2 fully saturated rings. The lowest BCUT2D eigenvalue weighted by Gasteiger charge is -2.22. The number of esters is 1. The number of hydrogen-bond donors (Lipinski definition) is 0. The van der Waals surface area contributed by atoms with Crippen molar-refractivity contribution < 1.29 is 9.53 Å². The Morgan fingerprint density at radius 1 is 1.50 bits per heavy atom. The van der Waals surface area contributed by atoms with Gasteiger partial charge in [0, 0.05) is 17.4 Å². The van der Waals surface area contributed by atoms with Crippen molar-refractivity contribution in [3.8, 4) is 0 Å². The van der Waals surface area contributed by atoms with Gasteiger partial charge in [-0.05, 0) is 44.4 Å². The molecule has 2 aliphatic carbocycles. The maximum atomic E-state index is 11.8. The summed E-state index contributed by atoms with van der Waals surface area (Å²) < 4.78 is 5.61. The molecule has 1 heterocycles. The molecular weight excluding hydrogens is 224 g/mol. The lowest BCUT2D eigenvalue weighted by atomic mass is 9.84. The minimum absolute atomic E-state index is 0.112. The molecule has 0 N–H and O–H groups in total. The van der Waals surface area contributed by atoms with E-state index in [9.17, 15) is 4.79 Å². The van der Waals surface area contributed by atoms with E-state index in [2.05, 4.69) is 26.5 Å². The van der Waals surface area contributed by atoms with Gasteiger partial charge in [-0.2, -0.15) is 0 Å². The Morgan fingerprint density at radius 2 is 2.28 bits per heavy atom. The molecule has 98 valence electrons. The molecule has 0 aromatic heterocycles. The van der Waals surface area contributed by atoms with E-state index in [1.165, 1.54) is 24.8 Å². The van der Waals surface area contributed by atoms with Gasteiger partial charge >= 0.3 is 5.97 Å². The fourth-order valence-corrected chi connectivity index (χ4v) is 3.71. The van der Waals surface area contributed by atoms with Gasteiger partial charge in [0.2, 0.25) is 0 Å². The Hall–Kier alpha value is -1.05. The van der Waals surface area contributed by atoms with E-state index in [4.69, 9.17) is 4.74 Å². The molecule has 3 aliphatic rings. The fourth-order valence-electron chi connectivity index (χ4n) is 3.71. The molecule has 0 amide bonds. The number of carbonyl (C=O) groups is 1. The normalized spacial score (nSPS) is 43.7. The smallest absolute Gasteiger partial charge is 0.334 e. The van der Waals surface area contributed by atoms with E-state index in [-0.39, 0.29) is 18.0 Å². The largest absolute Gasteiger partial charge is 0.458 e. The molecule has 0 bridgehead atoms. The second-order valence-electron chi connectivity index (χ2n) is 6.59. The molecule has 2 heteroatoms. The summed E-state index contributed by atoms with van der Waals surface area (Å²) >= 11 is 0. The molecule has 0 aromatic carbocycles. The molecule has 1 saturated carbocycles. The van der Waals surface area contributed by atoms with Crippen LogP contribution >= 0.6 is 0 Å². The summed E-state index contributed by atoms with van der Waals surface area (Å²) in [5.41, 5.74) is 2.55. The summed E-state index contributed by atoms with van der Waals surface area (Å²) in [6, 6.07) is 0. The number of ether oxygens (including phenoxy) is 1. The Balaban J connectivity index is 1.87. The summed E-state index contributed by atoms with van der Waals surface area (Å²) in [6.07, 6.45) is 8.18. The molecule has 0 unspecified atom stereocenters. The third-order valence-electron chi connectivity index (χ3n) is 5.23. The van der Waals surface area contributed by atoms with Crippen molar-refractivity contribution in [2.24, 2.45) is 17.3 Å². The van der Waals surface area contributed by atoms with Gasteiger partial charge in [-0.15, -0.1) is 0 Å². The minimum atomic E-state index is -0.153. The average Bonchev–Trinajstić information content (AvgIpc) is 2.90. The van der Waals surface area contributed by atoms with Crippen molar-refractivity contribution in [2.45, 2.75) is 52.1 Å². The zero-order valence-corrected chi connectivity index (χ0v) is 11.4. The summed E-state index contributed by atoms with van der Waals surface area (Å²) in [5, 5.41) is 0. The van der Waals surface area contributed by atoms with E-state index in [0.29, 0.717) is 16.9 Å². The van der Waals surface area contributed by atoms with Gasteiger partial charge in [0.15, 0.2) is 0 Å². The molecule has 4 atom stereocenters. The first-order valence-electron chi connectivity index (χ1n) is 7.07. The molecule has 0 aromatic rings. The third-order valence-corrected chi connectivity index (χ3v) is 5.23. The van der Waals surface area contributed by atoms with Gasteiger partial charge in [-0.3, -0.25) is 0 Å². The molecule has 0 radical (unpaired) electrons. The highest BCUT2D eigenvalue weighted by molar-refractivity contribution is 5.90. The van der Waals surface area contributed by atoms with Crippen LogP contribution in [0, 0.1) is 17.3 Å². The maximum Gasteiger partial charge on any atom is 0.334 e. The summed E-state index contributed by atoms with van der Waals surface area (Å²) in [6.45, 7) is 8.49.